The number of aromatic nitrogens is 4. The zero-order chi connectivity index (χ0) is 25.6. The van der Waals surface area contributed by atoms with Gasteiger partial charge in [0.15, 0.2) is 0 Å². The van der Waals surface area contributed by atoms with Crippen LogP contribution in [-0.4, -0.2) is 65.7 Å². The van der Waals surface area contributed by atoms with Gasteiger partial charge in [-0.1, -0.05) is 0 Å². The van der Waals surface area contributed by atoms with E-state index in [4.69, 9.17) is 9.47 Å². The van der Waals surface area contributed by atoms with Crippen LogP contribution in [0.1, 0.15) is 0 Å². The highest BCUT2D eigenvalue weighted by Crippen LogP contribution is 2.41. The number of hydrogen-bond acceptors (Lipinski definition) is 10. The van der Waals surface area contributed by atoms with Gasteiger partial charge in [0.05, 0.1) is 45.9 Å². The summed E-state index contributed by atoms with van der Waals surface area (Å²) < 4.78 is 25.5. The first-order chi connectivity index (χ1) is 17.9. The lowest BCUT2D eigenvalue weighted by Crippen LogP contribution is -2.51. The highest BCUT2D eigenvalue weighted by Gasteiger charge is 2.30. The molecule has 0 saturated carbocycles. The zero-order valence-electron chi connectivity index (χ0n) is 20.3. The van der Waals surface area contributed by atoms with Crippen LogP contribution in [0.25, 0.3) is 11.0 Å². The average Bonchev–Trinajstić information content (AvgIpc) is 2.89. The van der Waals surface area contributed by atoms with Crippen LogP contribution in [0, 0.1) is 0 Å². The third-order valence-electron chi connectivity index (χ3n) is 6.33. The van der Waals surface area contributed by atoms with E-state index in [1.54, 1.807) is 31.9 Å². The average molecular weight is 582 g/mol. The Morgan fingerprint density at radius 3 is 2.81 bits per heavy atom. The third kappa shape index (κ3) is 4.74. The number of anilines is 5. The Balaban J connectivity index is 1.29. The molecule has 190 valence electrons. The van der Waals surface area contributed by atoms with Crippen LogP contribution in [0.15, 0.2) is 53.4 Å². The second-order valence-corrected chi connectivity index (χ2v) is 13.3. The number of halogens is 1. The molecule has 1 atom stereocenters. The third-order valence-corrected chi connectivity index (χ3v) is 8.44. The van der Waals surface area contributed by atoms with Crippen molar-refractivity contribution in [3.63, 3.8) is 0 Å². The Morgan fingerprint density at radius 2 is 1.95 bits per heavy atom. The van der Waals surface area contributed by atoms with E-state index in [1.165, 1.54) is 0 Å². The Labute approximate surface area is 222 Å². The van der Waals surface area contributed by atoms with Crippen molar-refractivity contribution < 1.29 is 14.0 Å². The Morgan fingerprint density at radius 1 is 1.08 bits per heavy atom. The number of morpholine rings is 1. The smallest absolute Gasteiger partial charge is 0.229 e. The lowest BCUT2D eigenvalue weighted by atomic mass is 10.1. The molecule has 2 aliphatic rings. The molecule has 2 aliphatic heterocycles. The van der Waals surface area contributed by atoms with Crippen molar-refractivity contribution in [3.05, 3.63) is 53.4 Å². The van der Waals surface area contributed by atoms with Gasteiger partial charge in [-0.05, 0) is 53.5 Å². The Kier molecular flexibility index (Phi) is 6.22. The molecule has 1 fully saturated rings. The fourth-order valence-electron chi connectivity index (χ4n) is 4.68. The maximum atomic E-state index is 13.3. The minimum Gasteiger partial charge on any atom is -0.489 e. The number of nitrogens with one attached hydrogen (secondary N) is 2. The summed E-state index contributed by atoms with van der Waals surface area (Å²) in [5.74, 6) is 1.76. The second kappa shape index (κ2) is 9.55. The van der Waals surface area contributed by atoms with E-state index in [0.29, 0.717) is 51.5 Å². The number of nitrogens with zero attached hydrogens (tertiary/aromatic N) is 5. The van der Waals surface area contributed by atoms with E-state index in [0.717, 1.165) is 30.3 Å². The van der Waals surface area contributed by atoms with Gasteiger partial charge in [-0.15, -0.1) is 0 Å². The summed E-state index contributed by atoms with van der Waals surface area (Å²) in [5, 5.41) is 7.23. The molecule has 2 N–H and O–H groups in total. The number of rotatable bonds is 5. The van der Waals surface area contributed by atoms with Crippen LogP contribution < -0.4 is 25.6 Å². The Hall–Kier alpha value is -3.27. The fourth-order valence-corrected chi connectivity index (χ4v) is 6.36. The molecule has 0 amide bonds. The maximum Gasteiger partial charge on any atom is 0.229 e. The van der Waals surface area contributed by atoms with Gasteiger partial charge in [0, 0.05) is 36.9 Å². The van der Waals surface area contributed by atoms with Crippen molar-refractivity contribution in [2.45, 2.75) is 6.04 Å². The lowest BCUT2D eigenvalue weighted by molar-refractivity contribution is 0.0705. The van der Waals surface area contributed by atoms with Gasteiger partial charge < -0.3 is 29.6 Å². The standard InChI is InChI=1S/C25H25BrN7O3P/c1-37(2,34)23-19(5-4-18-22(23)28-8-7-27-18)31-24-17(26)12-29-25(32-24)30-15-3-6-20-21(11-15)36-14-16-13-35-10-9-33(16)20/h3-8,11-12,16H,9-10,13-14H2,1-2H3,(H2,29,30,31,32). The molecule has 10 nitrogen and oxygen atoms in total. The first-order valence-electron chi connectivity index (χ1n) is 11.8. The molecular weight excluding hydrogens is 557 g/mol. The summed E-state index contributed by atoms with van der Waals surface area (Å²) in [6, 6.07) is 9.95. The van der Waals surface area contributed by atoms with Gasteiger partial charge in [-0.25, -0.2) is 4.98 Å². The summed E-state index contributed by atoms with van der Waals surface area (Å²) in [6.07, 6.45) is 4.90. The molecular formula is C25H25BrN7O3P. The predicted octanol–water partition coefficient (Wildman–Crippen LogP) is 4.52. The highest BCUT2D eigenvalue weighted by atomic mass is 79.9. The summed E-state index contributed by atoms with van der Waals surface area (Å²) >= 11 is 3.53. The molecule has 12 heteroatoms. The predicted molar refractivity (Wildman–Crippen MR) is 149 cm³/mol. The lowest BCUT2D eigenvalue weighted by Gasteiger charge is -2.41. The molecule has 2 aromatic heterocycles. The van der Waals surface area contributed by atoms with Crippen LogP contribution in [-0.2, 0) is 9.30 Å². The van der Waals surface area contributed by atoms with Crippen LogP contribution in [0.3, 0.4) is 0 Å². The summed E-state index contributed by atoms with van der Waals surface area (Å²) in [7, 11) is -2.71. The zero-order valence-corrected chi connectivity index (χ0v) is 22.8. The molecule has 2 aromatic carbocycles. The molecule has 0 radical (unpaired) electrons. The van der Waals surface area contributed by atoms with Gasteiger partial charge in [0.2, 0.25) is 5.95 Å². The molecule has 1 unspecified atom stereocenters. The fraction of sp³-hybridized carbons (Fsp3) is 0.280. The molecule has 0 bridgehead atoms. The minimum atomic E-state index is -2.71. The van der Waals surface area contributed by atoms with Crippen molar-refractivity contribution in [3.8, 4) is 5.75 Å². The molecule has 0 spiro atoms. The number of hydrogen-bond donors (Lipinski definition) is 2. The van der Waals surface area contributed by atoms with Crippen LogP contribution in [0.2, 0.25) is 0 Å². The largest absolute Gasteiger partial charge is 0.489 e. The van der Waals surface area contributed by atoms with Crippen molar-refractivity contribution in [1.29, 1.82) is 0 Å². The SMILES string of the molecule is CP(C)(=O)c1c(Nc2nc(Nc3ccc4c(c3)OCC3COCCN43)ncc2Br)ccc2nccnc12. The Bertz CT molecular complexity index is 1550. The van der Waals surface area contributed by atoms with Crippen LogP contribution in [0.4, 0.5) is 28.8 Å². The summed E-state index contributed by atoms with van der Waals surface area (Å²) in [5.41, 5.74) is 3.84. The second-order valence-electron chi connectivity index (χ2n) is 9.29. The van der Waals surface area contributed by atoms with Crippen molar-refractivity contribution in [1.82, 2.24) is 19.9 Å². The number of ether oxygens (including phenoxy) is 2. The summed E-state index contributed by atoms with van der Waals surface area (Å²) in [6.45, 7) is 6.29. The first kappa shape index (κ1) is 24.1. The van der Waals surface area contributed by atoms with Gasteiger partial charge in [0.25, 0.3) is 0 Å². The minimum absolute atomic E-state index is 0.246. The topological polar surface area (TPSA) is 114 Å². The van der Waals surface area contributed by atoms with Gasteiger partial charge in [0.1, 0.15) is 30.8 Å². The molecule has 4 heterocycles. The quantitative estimate of drug-likeness (QED) is 0.326. The van der Waals surface area contributed by atoms with Gasteiger partial charge in [-0.2, -0.15) is 4.98 Å². The molecule has 37 heavy (non-hydrogen) atoms. The first-order valence-corrected chi connectivity index (χ1v) is 15.2. The van der Waals surface area contributed by atoms with E-state index in [1.807, 2.05) is 24.3 Å². The summed E-state index contributed by atoms with van der Waals surface area (Å²) in [4.78, 5) is 20.2. The van der Waals surface area contributed by atoms with E-state index in [9.17, 15) is 4.57 Å². The molecule has 1 saturated heterocycles. The van der Waals surface area contributed by atoms with E-state index in [-0.39, 0.29) is 6.04 Å². The molecule has 0 aliphatic carbocycles. The van der Waals surface area contributed by atoms with Crippen LogP contribution >= 0.6 is 23.1 Å². The van der Waals surface area contributed by atoms with Gasteiger partial charge in [-0.3, -0.25) is 9.97 Å². The van der Waals surface area contributed by atoms with Crippen LogP contribution in [0.5, 0.6) is 5.75 Å². The van der Waals surface area contributed by atoms with Crippen molar-refractivity contribution >= 4 is 68.2 Å². The van der Waals surface area contributed by atoms with E-state index in [2.05, 4.69) is 57.5 Å². The maximum absolute atomic E-state index is 13.3. The van der Waals surface area contributed by atoms with Crippen molar-refractivity contribution in [2.24, 2.45) is 0 Å². The number of fused-ring (bicyclic) bond motifs is 4. The molecule has 6 rings (SSSR count). The molecule has 4 aromatic rings. The number of benzene rings is 2. The normalized spacial score (nSPS) is 17.1. The van der Waals surface area contributed by atoms with E-state index >= 15 is 0 Å². The van der Waals surface area contributed by atoms with Gasteiger partial charge >= 0.3 is 0 Å². The highest BCUT2D eigenvalue weighted by molar-refractivity contribution is 9.10. The van der Waals surface area contributed by atoms with Crippen molar-refractivity contribution in [2.75, 3.05) is 55.2 Å². The monoisotopic (exact) mass is 581 g/mol. The van der Waals surface area contributed by atoms with E-state index < -0.39 is 7.14 Å².